The highest BCUT2D eigenvalue weighted by Crippen LogP contribution is 2.25. The van der Waals surface area contributed by atoms with Crippen molar-refractivity contribution in [3.05, 3.63) is 29.8 Å². The Morgan fingerprint density at radius 3 is 2.27 bits per heavy atom. The first-order chi connectivity index (χ1) is 15.8. The maximum Gasteiger partial charge on any atom is 0.243 e. The molecule has 0 radical (unpaired) electrons. The molecule has 10 heteroatoms. The predicted molar refractivity (Wildman–Crippen MR) is 125 cm³/mol. The molecule has 0 aromatic heterocycles. The Kier molecular flexibility index (Phi) is 9.25. The minimum atomic E-state index is -3.52. The normalized spacial score (nSPS) is 18.9. The molecule has 0 atom stereocenters. The second-order valence-electron chi connectivity index (χ2n) is 8.79. The van der Waals surface area contributed by atoms with Crippen LogP contribution in [0.4, 0.5) is 0 Å². The van der Waals surface area contributed by atoms with Gasteiger partial charge in [-0.3, -0.25) is 14.5 Å². The molecule has 1 N–H and O–H groups in total. The van der Waals surface area contributed by atoms with E-state index in [1.165, 1.54) is 4.31 Å². The van der Waals surface area contributed by atoms with E-state index < -0.39 is 10.0 Å². The van der Waals surface area contributed by atoms with Crippen molar-refractivity contribution in [2.24, 2.45) is 5.92 Å². The third-order valence-electron chi connectivity index (χ3n) is 6.36. The maximum atomic E-state index is 13.0. The summed E-state index contributed by atoms with van der Waals surface area (Å²) in [5.41, 5.74) is 1.01. The first-order valence-corrected chi connectivity index (χ1v) is 13.1. The topological polar surface area (TPSA) is 99.3 Å². The zero-order valence-electron chi connectivity index (χ0n) is 19.7. The van der Waals surface area contributed by atoms with E-state index in [2.05, 4.69) is 10.2 Å². The predicted octanol–water partition coefficient (Wildman–Crippen LogP) is 0.693. The standard InChI is InChI=1S/C23H36N4O5S/c1-19-4-6-21(7-5-19)33(30,31)27-11-8-20(9-12-27)23(29)26-15-13-25(14-16-26)18-22(28)24-10-3-17-32-2/h4-7,20H,3,8-18H2,1-2H3,(H,24,28). The van der Waals surface area contributed by atoms with Gasteiger partial charge in [0.2, 0.25) is 21.8 Å². The number of piperidine rings is 1. The van der Waals surface area contributed by atoms with Gasteiger partial charge in [0, 0.05) is 65.4 Å². The lowest BCUT2D eigenvalue weighted by atomic mass is 9.96. The van der Waals surface area contributed by atoms with Gasteiger partial charge in [0.1, 0.15) is 0 Å². The minimum absolute atomic E-state index is 0.00645. The number of amides is 2. The van der Waals surface area contributed by atoms with E-state index in [0.29, 0.717) is 76.7 Å². The largest absolute Gasteiger partial charge is 0.385 e. The monoisotopic (exact) mass is 480 g/mol. The lowest BCUT2D eigenvalue weighted by Crippen LogP contribution is -2.53. The summed E-state index contributed by atoms with van der Waals surface area (Å²) >= 11 is 0. The van der Waals surface area contributed by atoms with E-state index in [4.69, 9.17) is 4.74 Å². The smallest absolute Gasteiger partial charge is 0.243 e. The zero-order valence-corrected chi connectivity index (χ0v) is 20.5. The Hall–Kier alpha value is -2.01. The summed E-state index contributed by atoms with van der Waals surface area (Å²) in [6.07, 6.45) is 1.86. The molecule has 2 heterocycles. The molecule has 2 fully saturated rings. The number of aryl methyl sites for hydroxylation is 1. The number of carbonyl (C=O) groups is 2. The van der Waals surface area contributed by atoms with Gasteiger partial charge < -0.3 is 15.0 Å². The average Bonchev–Trinajstić information content (AvgIpc) is 2.82. The summed E-state index contributed by atoms with van der Waals surface area (Å²) in [5.74, 6) is -0.0517. The lowest BCUT2D eigenvalue weighted by Gasteiger charge is -2.38. The molecule has 2 saturated heterocycles. The highest BCUT2D eigenvalue weighted by atomic mass is 32.2. The van der Waals surface area contributed by atoms with Crippen molar-refractivity contribution >= 4 is 21.8 Å². The van der Waals surface area contributed by atoms with Gasteiger partial charge in [-0.25, -0.2) is 8.42 Å². The molecular formula is C23H36N4O5S. The second kappa shape index (κ2) is 11.9. The Morgan fingerprint density at radius 1 is 1.03 bits per heavy atom. The van der Waals surface area contributed by atoms with Crippen LogP contribution in [0.2, 0.25) is 0 Å². The fraction of sp³-hybridized carbons (Fsp3) is 0.652. The van der Waals surface area contributed by atoms with Crippen LogP contribution in [-0.2, 0) is 24.3 Å². The summed E-state index contributed by atoms with van der Waals surface area (Å²) in [4.78, 5) is 29.3. The number of hydrogen-bond donors (Lipinski definition) is 1. The third kappa shape index (κ3) is 6.99. The van der Waals surface area contributed by atoms with Gasteiger partial charge in [0.05, 0.1) is 11.4 Å². The molecule has 0 spiro atoms. The molecule has 0 saturated carbocycles. The number of nitrogens with one attached hydrogen (secondary N) is 1. The molecule has 2 aliphatic heterocycles. The molecular weight excluding hydrogens is 444 g/mol. The van der Waals surface area contributed by atoms with Crippen molar-refractivity contribution in [3.8, 4) is 0 Å². The number of benzene rings is 1. The maximum absolute atomic E-state index is 13.0. The molecule has 1 aromatic carbocycles. The number of methoxy groups -OCH3 is 1. The van der Waals surface area contributed by atoms with Crippen molar-refractivity contribution in [3.63, 3.8) is 0 Å². The highest BCUT2D eigenvalue weighted by Gasteiger charge is 2.34. The van der Waals surface area contributed by atoms with E-state index >= 15 is 0 Å². The Morgan fingerprint density at radius 2 is 1.67 bits per heavy atom. The molecule has 0 aliphatic carbocycles. The number of ether oxygens (including phenoxy) is 1. The number of sulfonamides is 1. The Bertz CT molecular complexity index is 890. The van der Waals surface area contributed by atoms with Crippen LogP contribution in [-0.4, -0.2) is 100 Å². The van der Waals surface area contributed by atoms with Gasteiger partial charge in [-0.2, -0.15) is 4.31 Å². The van der Waals surface area contributed by atoms with Gasteiger partial charge in [-0.15, -0.1) is 0 Å². The van der Waals surface area contributed by atoms with E-state index in [0.717, 1.165) is 12.0 Å². The summed E-state index contributed by atoms with van der Waals surface area (Å²) in [5, 5.41) is 2.89. The first kappa shape index (κ1) is 25.6. The van der Waals surface area contributed by atoms with Crippen LogP contribution in [0.5, 0.6) is 0 Å². The third-order valence-corrected chi connectivity index (χ3v) is 8.27. The van der Waals surface area contributed by atoms with E-state index in [-0.39, 0.29) is 17.7 Å². The number of hydrogen-bond acceptors (Lipinski definition) is 6. The summed E-state index contributed by atoms with van der Waals surface area (Å²) in [7, 11) is -1.89. The SMILES string of the molecule is COCCCNC(=O)CN1CCN(C(=O)C2CCN(S(=O)(=O)c3ccc(C)cc3)CC2)CC1. The number of carbonyl (C=O) groups excluding carboxylic acids is 2. The molecule has 9 nitrogen and oxygen atoms in total. The van der Waals surface area contributed by atoms with E-state index in [1.54, 1.807) is 31.4 Å². The second-order valence-corrected chi connectivity index (χ2v) is 10.7. The van der Waals surface area contributed by atoms with Crippen LogP contribution in [0.1, 0.15) is 24.8 Å². The van der Waals surface area contributed by atoms with Crippen LogP contribution in [0, 0.1) is 12.8 Å². The van der Waals surface area contributed by atoms with E-state index in [1.807, 2.05) is 11.8 Å². The quantitative estimate of drug-likeness (QED) is 0.522. The first-order valence-electron chi connectivity index (χ1n) is 11.6. The van der Waals surface area contributed by atoms with Crippen molar-refractivity contribution < 1.29 is 22.7 Å². The minimum Gasteiger partial charge on any atom is -0.385 e. The fourth-order valence-corrected chi connectivity index (χ4v) is 5.76. The van der Waals surface area contributed by atoms with Gasteiger partial charge in [-0.05, 0) is 38.3 Å². The van der Waals surface area contributed by atoms with Gasteiger partial charge in [-0.1, -0.05) is 17.7 Å². The Labute approximate surface area is 197 Å². The summed E-state index contributed by atoms with van der Waals surface area (Å²) in [6.45, 7) is 6.72. The molecule has 0 bridgehead atoms. The van der Waals surface area contributed by atoms with Crippen LogP contribution in [0.3, 0.4) is 0 Å². The average molecular weight is 481 g/mol. The number of nitrogens with zero attached hydrogens (tertiary/aromatic N) is 3. The van der Waals surface area contributed by atoms with Gasteiger partial charge in [0.15, 0.2) is 0 Å². The van der Waals surface area contributed by atoms with Crippen molar-refractivity contribution in [1.29, 1.82) is 0 Å². The van der Waals surface area contributed by atoms with Crippen molar-refractivity contribution in [2.75, 3.05) is 66.1 Å². The molecule has 1 aromatic rings. The van der Waals surface area contributed by atoms with Crippen molar-refractivity contribution in [1.82, 2.24) is 19.4 Å². The molecule has 0 unspecified atom stereocenters. The van der Waals surface area contributed by atoms with Gasteiger partial charge in [0.25, 0.3) is 0 Å². The van der Waals surface area contributed by atoms with Crippen LogP contribution >= 0.6 is 0 Å². The van der Waals surface area contributed by atoms with Gasteiger partial charge >= 0.3 is 0 Å². The summed E-state index contributed by atoms with van der Waals surface area (Å²) in [6, 6.07) is 6.88. The van der Waals surface area contributed by atoms with E-state index in [9.17, 15) is 18.0 Å². The summed E-state index contributed by atoms with van der Waals surface area (Å²) < 4.78 is 32.2. The fourth-order valence-electron chi connectivity index (χ4n) is 4.29. The van der Waals surface area contributed by atoms with Crippen LogP contribution in [0.25, 0.3) is 0 Å². The highest BCUT2D eigenvalue weighted by molar-refractivity contribution is 7.89. The molecule has 184 valence electrons. The molecule has 2 amide bonds. The van der Waals surface area contributed by atoms with Crippen LogP contribution < -0.4 is 5.32 Å². The van der Waals surface area contributed by atoms with Crippen molar-refractivity contribution in [2.45, 2.75) is 31.1 Å². The molecule has 3 rings (SSSR count). The lowest BCUT2D eigenvalue weighted by molar-refractivity contribution is -0.138. The molecule has 33 heavy (non-hydrogen) atoms. The number of rotatable bonds is 9. The number of piperazine rings is 1. The van der Waals surface area contributed by atoms with Crippen LogP contribution in [0.15, 0.2) is 29.2 Å². The Balaban J connectivity index is 1.41. The zero-order chi connectivity index (χ0) is 23.8. The molecule has 2 aliphatic rings.